The van der Waals surface area contributed by atoms with Gasteiger partial charge in [-0.1, -0.05) is 30.3 Å². The summed E-state index contributed by atoms with van der Waals surface area (Å²) in [6.07, 6.45) is 1.02. The molecule has 2 N–H and O–H groups in total. The first-order valence-corrected chi connectivity index (χ1v) is 26.6. The number of pyridine rings is 2. The minimum absolute atomic E-state index is 0.0822. The second-order valence-electron chi connectivity index (χ2n) is 20.5. The molecule has 9 heterocycles. The Balaban J connectivity index is 0.769. The van der Waals surface area contributed by atoms with Gasteiger partial charge in [0, 0.05) is 94.4 Å². The number of alkyl halides is 2. The van der Waals surface area contributed by atoms with Crippen LogP contribution in [0, 0.1) is 5.92 Å². The molecule has 3 aliphatic rings. The zero-order valence-electron chi connectivity index (χ0n) is 44.8. The fourth-order valence-electron chi connectivity index (χ4n) is 10.5. The molecule has 83 heavy (non-hydrogen) atoms. The number of hydrogen-bond acceptors (Lipinski definition) is 19. The Morgan fingerprint density at radius 1 is 0.614 bits per heavy atom. The summed E-state index contributed by atoms with van der Waals surface area (Å²) in [5, 5.41) is 31.4. The van der Waals surface area contributed by atoms with Crippen LogP contribution < -0.4 is 10.6 Å². The molecular formula is C56H50F2N18O7. The maximum Gasteiger partial charge on any atom is 0.272 e. The Hall–Kier alpha value is -10.0. The van der Waals surface area contributed by atoms with Gasteiger partial charge in [0.15, 0.2) is 28.6 Å². The lowest BCUT2D eigenvalue weighted by Gasteiger charge is -2.38. The molecule has 1 aliphatic carbocycles. The number of rotatable bonds is 14. The number of carbonyl (C=O) groups is 4. The molecule has 1 unspecified atom stereocenters. The Morgan fingerprint density at radius 3 is 1.77 bits per heavy atom. The molecule has 3 atom stereocenters. The smallest absolute Gasteiger partial charge is 0.272 e. The lowest BCUT2D eigenvalue weighted by atomic mass is 10.0. The van der Waals surface area contributed by atoms with E-state index in [0.29, 0.717) is 120 Å². The molecule has 0 spiro atoms. The summed E-state index contributed by atoms with van der Waals surface area (Å²) < 4.78 is 46.5. The molecule has 0 radical (unpaired) electrons. The van der Waals surface area contributed by atoms with Gasteiger partial charge in [0.1, 0.15) is 45.8 Å². The Labute approximate surface area is 469 Å². The van der Waals surface area contributed by atoms with Crippen molar-refractivity contribution in [2.24, 2.45) is 20.0 Å². The van der Waals surface area contributed by atoms with Crippen molar-refractivity contribution in [1.82, 2.24) is 80.0 Å². The number of aromatic nitrogens is 12. The fraction of sp³-hybridized carbons (Fsp3) is 0.286. The minimum Gasteiger partial charge on any atom is -0.457 e. The van der Waals surface area contributed by atoms with Crippen molar-refractivity contribution in [2.75, 3.05) is 63.0 Å². The first kappa shape index (κ1) is 52.4. The maximum atomic E-state index is 14.8. The van der Waals surface area contributed by atoms with Gasteiger partial charge in [-0.3, -0.25) is 34.0 Å². The summed E-state index contributed by atoms with van der Waals surface area (Å²) in [6, 6.07) is 28.9. The van der Waals surface area contributed by atoms with Crippen LogP contribution in [0.25, 0.3) is 56.6 Å². The number of tetrazole rings is 2. The second kappa shape index (κ2) is 21.1. The van der Waals surface area contributed by atoms with E-state index in [1.165, 1.54) is 28.8 Å². The first-order valence-electron chi connectivity index (χ1n) is 26.6. The average molecular weight is 1130 g/mol. The molecule has 7 aromatic heterocycles. The van der Waals surface area contributed by atoms with E-state index in [4.69, 9.17) is 23.2 Å². The number of carbonyl (C=O) groups excluding carboxylic acids is 4. The third-order valence-electron chi connectivity index (χ3n) is 14.8. The van der Waals surface area contributed by atoms with Gasteiger partial charge in [0.05, 0.1) is 20.1 Å². The van der Waals surface area contributed by atoms with Crippen molar-refractivity contribution in [2.45, 2.75) is 31.4 Å². The number of hydrogen-bond donors (Lipinski definition) is 2. The highest BCUT2D eigenvalue weighted by Crippen LogP contribution is 2.49. The van der Waals surface area contributed by atoms with E-state index in [0.717, 1.165) is 5.56 Å². The van der Waals surface area contributed by atoms with Crippen LogP contribution in [0.3, 0.4) is 0 Å². The monoisotopic (exact) mass is 1120 g/mol. The molecule has 27 heteroatoms. The molecule has 2 aliphatic heterocycles. The van der Waals surface area contributed by atoms with Gasteiger partial charge in [-0.2, -0.15) is 9.59 Å². The van der Waals surface area contributed by atoms with Gasteiger partial charge < -0.3 is 33.7 Å². The number of nitrogens with one attached hydrogen (secondary N) is 2. The Bertz CT molecular complexity index is 4120. The van der Waals surface area contributed by atoms with Gasteiger partial charge in [0.2, 0.25) is 23.6 Å². The fourth-order valence-corrected chi connectivity index (χ4v) is 10.5. The topological polar surface area (TPSA) is 283 Å². The summed E-state index contributed by atoms with van der Waals surface area (Å²) in [5.74, 6) is -4.04. The Morgan fingerprint density at radius 2 is 1.18 bits per heavy atom. The number of anilines is 2. The highest BCUT2D eigenvalue weighted by atomic mass is 19.3. The van der Waals surface area contributed by atoms with Crippen LogP contribution in [0.5, 0.6) is 0 Å². The maximum absolute atomic E-state index is 14.8. The van der Waals surface area contributed by atoms with Gasteiger partial charge in [-0.15, -0.1) is 20.4 Å². The number of nitrogens with zero attached hydrogens (tertiary/aromatic N) is 16. The van der Waals surface area contributed by atoms with Crippen LogP contribution in [0.15, 0.2) is 123 Å². The molecule has 4 amide bonds. The van der Waals surface area contributed by atoms with Crippen molar-refractivity contribution in [1.29, 1.82) is 0 Å². The molecule has 420 valence electrons. The summed E-state index contributed by atoms with van der Waals surface area (Å²) in [5.41, 5.74) is 5.05. The molecule has 1 saturated carbocycles. The van der Waals surface area contributed by atoms with Crippen LogP contribution in [-0.2, 0) is 23.7 Å². The van der Waals surface area contributed by atoms with E-state index in [1.54, 1.807) is 90.6 Å². The van der Waals surface area contributed by atoms with Crippen LogP contribution >= 0.6 is 0 Å². The number of furan rings is 1. The van der Waals surface area contributed by atoms with E-state index in [-0.39, 0.29) is 52.4 Å². The predicted octanol–water partition coefficient (Wildman–Crippen LogP) is 6.05. The van der Waals surface area contributed by atoms with Crippen LogP contribution in [0.4, 0.5) is 20.2 Å². The number of halogens is 2. The third-order valence-corrected chi connectivity index (χ3v) is 14.8. The van der Waals surface area contributed by atoms with E-state index in [9.17, 15) is 28.0 Å². The second-order valence-corrected chi connectivity index (χ2v) is 20.5. The van der Waals surface area contributed by atoms with Crippen molar-refractivity contribution in [3.05, 3.63) is 144 Å². The van der Waals surface area contributed by atoms with Crippen LogP contribution in [-0.4, -0.2) is 162 Å². The number of oxazole rings is 2. The standard InChI is InChI=1S/C56H50F2N18O7/c1-31(77)60-35-9-11-44-39(28-35)63-52(82-44)33-15-16-59-41(25-33)54(79)75-23-19-74(20-24-75)48(50-66-70-72(3)68-50)46-14-13-43(81-46)38-26-34(53-64-40-29-36(10-12-45(40)83-53)61-51(78)37-30-56(37,57)58)27-42(62-38)55(80)76-21-17-73(18-22-76)47(32-7-5-4-6-8-32)49-65-69-71(2)67-49/h4-16,25-29,37,47-48H,17-24,30H2,1-3H3,(H,60,77)(H,61,78)/t37-,47+,48?/m1/s1. The van der Waals surface area contributed by atoms with Gasteiger partial charge in [-0.05, 0) is 88.8 Å². The van der Waals surface area contributed by atoms with Crippen molar-refractivity contribution >= 4 is 57.2 Å². The third kappa shape index (κ3) is 10.6. The molecule has 0 bridgehead atoms. The van der Waals surface area contributed by atoms with Gasteiger partial charge in [0.25, 0.3) is 17.7 Å². The van der Waals surface area contributed by atoms with Crippen molar-refractivity contribution in [3.63, 3.8) is 0 Å². The van der Waals surface area contributed by atoms with Crippen molar-refractivity contribution in [3.8, 4) is 34.4 Å². The quantitative estimate of drug-likeness (QED) is 0.125. The SMILES string of the molecule is CC(=O)Nc1ccc2oc(-c3ccnc(C(=O)N4CCN(C(c5nnn(C)n5)c5ccc(-c6cc(-c7nc8cc(NC(=O)[C@H]9CC9(F)F)ccc8o7)cc(C(=O)N7CCN([C@@H](c8ccccc8)c8nnn(C)n8)CC7)n6)o5)CC4)c3)nc2c1. The van der Waals surface area contributed by atoms with Crippen LogP contribution in [0.1, 0.15) is 69.4 Å². The van der Waals surface area contributed by atoms with E-state index in [1.807, 2.05) is 30.3 Å². The summed E-state index contributed by atoms with van der Waals surface area (Å²) in [6.45, 7) is 4.46. The zero-order chi connectivity index (χ0) is 57.1. The molecule has 13 rings (SSSR count). The number of benzene rings is 3. The van der Waals surface area contributed by atoms with Crippen molar-refractivity contribution < 1.29 is 41.2 Å². The summed E-state index contributed by atoms with van der Waals surface area (Å²) >= 11 is 0. The normalized spacial score (nSPS) is 17.2. The molecule has 10 aromatic rings. The number of amides is 4. The predicted molar refractivity (Wildman–Crippen MR) is 291 cm³/mol. The lowest BCUT2D eigenvalue weighted by Crippen LogP contribution is -2.50. The summed E-state index contributed by atoms with van der Waals surface area (Å²) in [4.78, 5) is 82.3. The van der Waals surface area contributed by atoms with Gasteiger partial charge in [-0.25, -0.2) is 23.7 Å². The average Bonchev–Trinajstić information content (AvgIpc) is 4.37. The largest absolute Gasteiger partial charge is 0.457 e. The highest BCUT2D eigenvalue weighted by molar-refractivity contribution is 5.98. The Kier molecular flexibility index (Phi) is 13.3. The van der Waals surface area contributed by atoms with Crippen LogP contribution in [0.2, 0.25) is 0 Å². The zero-order valence-corrected chi connectivity index (χ0v) is 44.8. The molecule has 2 saturated heterocycles. The lowest BCUT2D eigenvalue weighted by molar-refractivity contribution is -0.119. The highest BCUT2D eigenvalue weighted by Gasteiger charge is 2.61. The molecular weight excluding hydrogens is 1070 g/mol. The molecule has 3 fully saturated rings. The number of piperazine rings is 2. The summed E-state index contributed by atoms with van der Waals surface area (Å²) in [7, 11) is 3.37. The van der Waals surface area contributed by atoms with E-state index in [2.05, 4.69) is 61.2 Å². The number of fused-ring (bicyclic) bond motifs is 2. The van der Waals surface area contributed by atoms with Gasteiger partial charge >= 0.3 is 0 Å². The van der Waals surface area contributed by atoms with E-state index < -0.39 is 30.2 Å². The molecule has 3 aromatic carbocycles. The minimum atomic E-state index is -3.04. The molecule has 25 nitrogen and oxygen atoms in total. The first-order chi connectivity index (χ1) is 40.2. The number of aryl methyl sites for hydroxylation is 2. The van der Waals surface area contributed by atoms with E-state index >= 15 is 0 Å².